The highest BCUT2D eigenvalue weighted by Gasteiger charge is 2.16. The van der Waals surface area contributed by atoms with Crippen molar-refractivity contribution in [1.82, 2.24) is 0 Å². The molecule has 0 atom stereocenters. The number of halogens is 1. The second kappa shape index (κ2) is 8.04. The van der Waals surface area contributed by atoms with Crippen molar-refractivity contribution >= 4 is 38.9 Å². The Labute approximate surface area is 169 Å². The number of anilines is 2. The van der Waals surface area contributed by atoms with E-state index in [1.54, 1.807) is 24.3 Å². The van der Waals surface area contributed by atoms with Gasteiger partial charge in [0.1, 0.15) is 0 Å². The van der Waals surface area contributed by atoms with E-state index in [2.05, 4.69) is 10.0 Å². The van der Waals surface area contributed by atoms with E-state index in [0.29, 0.717) is 22.0 Å². The quantitative estimate of drug-likeness (QED) is 0.616. The summed E-state index contributed by atoms with van der Waals surface area (Å²) in [5, 5.41) is 3.16. The number of carbonyl (C=O) groups is 1. The average molecular weight is 415 g/mol. The fourth-order valence-corrected chi connectivity index (χ4v) is 4.01. The molecular weight excluding hydrogens is 396 g/mol. The number of benzene rings is 3. The van der Waals surface area contributed by atoms with Gasteiger partial charge in [0.25, 0.3) is 15.9 Å². The minimum Gasteiger partial charge on any atom is -0.321 e. The molecule has 3 aromatic rings. The van der Waals surface area contributed by atoms with Crippen LogP contribution < -0.4 is 10.0 Å². The van der Waals surface area contributed by atoms with Gasteiger partial charge in [-0.2, -0.15) is 0 Å². The maximum Gasteiger partial charge on any atom is 0.261 e. The highest BCUT2D eigenvalue weighted by molar-refractivity contribution is 7.92. The fraction of sp³-hybridized carbons (Fsp3) is 0.0952. The van der Waals surface area contributed by atoms with Gasteiger partial charge in [-0.15, -0.1) is 0 Å². The number of rotatable bonds is 5. The molecule has 0 fully saturated rings. The number of para-hydroxylation sites is 1. The van der Waals surface area contributed by atoms with E-state index >= 15 is 0 Å². The van der Waals surface area contributed by atoms with Gasteiger partial charge in [-0.05, 0) is 67.4 Å². The van der Waals surface area contributed by atoms with E-state index in [1.165, 1.54) is 24.3 Å². The van der Waals surface area contributed by atoms with Gasteiger partial charge < -0.3 is 5.32 Å². The zero-order valence-electron chi connectivity index (χ0n) is 15.4. The van der Waals surface area contributed by atoms with E-state index < -0.39 is 10.0 Å². The molecule has 1 amide bonds. The number of sulfonamides is 1. The molecular formula is C21H19ClN2O3S. The second-order valence-electron chi connectivity index (χ2n) is 6.38. The molecule has 3 rings (SSSR count). The maximum atomic E-state index is 12.6. The van der Waals surface area contributed by atoms with Crippen LogP contribution in [0.3, 0.4) is 0 Å². The van der Waals surface area contributed by atoms with Crippen molar-refractivity contribution in [3.63, 3.8) is 0 Å². The summed E-state index contributed by atoms with van der Waals surface area (Å²) < 4.78 is 27.7. The van der Waals surface area contributed by atoms with Crippen molar-refractivity contribution in [2.24, 2.45) is 0 Å². The second-order valence-corrected chi connectivity index (χ2v) is 8.47. The van der Waals surface area contributed by atoms with Crippen molar-refractivity contribution in [3.8, 4) is 0 Å². The van der Waals surface area contributed by atoms with Gasteiger partial charge in [-0.25, -0.2) is 8.42 Å². The molecule has 0 aromatic heterocycles. The van der Waals surface area contributed by atoms with Crippen LogP contribution in [-0.2, 0) is 10.0 Å². The van der Waals surface area contributed by atoms with Crippen molar-refractivity contribution < 1.29 is 13.2 Å². The Morgan fingerprint density at radius 3 is 2.21 bits per heavy atom. The Morgan fingerprint density at radius 1 is 0.893 bits per heavy atom. The van der Waals surface area contributed by atoms with Crippen LogP contribution in [0.15, 0.2) is 71.6 Å². The van der Waals surface area contributed by atoms with Crippen molar-refractivity contribution in [3.05, 3.63) is 88.4 Å². The Bertz CT molecular complexity index is 1130. The lowest BCUT2D eigenvalue weighted by molar-refractivity contribution is 0.102. The summed E-state index contributed by atoms with van der Waals surface area (Å²) in [6.07, 6.45) is 0. The summed E-state index contributed by atoms with van der Waals surface area (Å²) in [4.78, 5) is 12.5. The van der Waals surface area contributed by atoms with Gasteiger partial charge in [-0.1, -0.05) is 35.9 Å². The summed E-state index contributed by atoms with van der Waals surface area (Å²) in [5.74, 6) is -0.374. The van der Waals surface area contributed by atoms with Crippen LogP contribution >= 0.6 is 11.6 Å². The third kappa shape index (κ3) is 4.52. The van der Waals surface area contributed by atoms with E-state index in [0.717, 1.165) is 11.1 Å². The molecule has 144 valence electrons. The predicted octanol–water partition coefficient (Wildman–Crippen LogP) is 5.01. The Kier molecular flexibility index (Phi) is 5.72. The minimum atomic E-state index is -3.75. The topological polar surface area (TPSA) is 75.3 Å². The average Bonchev–Trinajstić information content (AvgIpc) is 2.66. The standard InChI is InChI=1S/C21H19ClN2O3S/c1-14-7-12-20(18(22)13-14)23-21(25)16-8-10-17(11-9-16)28(26,27)24-19-6-4-3-5-15(19)2/h3-13,24H,1-2H3,(H,23,25). The van der Waals surface area contributed by atoms with Gasteiger partial charge in [-0.3, -0.25) is 9.52 Å². The highest BCUT2D eigenvalue weighted by Crippen LogP contribution is 2.24. The number of amides is 1. The Morgan fingerprint density at radius 2 is 1.57 bits per heavy atom. The summed E-state index contributed by atoms with van der Waals surface area (Å²) in [6.45, 7) is 3.73. The summed E-state index contributed by atoms with van der Waals surface area (Å²) in [7, 11) is -3.75. The molecule has 0 aliphatic carbocycles. The lowest BCUT2D eigenvalue weighted by atomic mass is 10.2. The summed E-state index contributed by atoms with van der Waals surface area (Å²) >= 11 is 6.13. The lowest BCUT2D eigenvalue weighted by Gasteiger charge is -2.11. The Balaban J connectivity index is 1.77. The van der Waals surface area contributed by atoms with Crippen LogP contribution in [0.5, 0.6) is 0 Å². The molecule has 0 unspecified atom stereocenters. The van der Waals surface area contributed by atoms with E-state index in [4.69, 9.17) is 11.6 Å². The third-order valence-electron chi connectivity index (χ3n) is 4.19. The number of hydrogen-bond donors (Lipinski definition) is 2. The molecule has 0 heterocycles. The van der Waals surface area contributed by atoms with Crippen molar-refractivity contribution in [2.45, 2.75) is 18.7 Å². The fourth-order valence-electron chi connectivity index (χ4n) is 2.59. The molecule has 0 radical (unpaired) electrons. The predicted molar refractivity (Wildman–Crippen MR) is 113 cm³/mol. The highest BCUT2D eigenvalue weighted by atomic mass is 35.5. The van der Waals surface area contributed by atoms with Crippen LogP contribution in [0.25, 0.3) is 0 Å². The number of nitrogens with one attached hydrogen (secondary N) is 2. The molecule has 0 aliphatic rings. The van der Waals surface area contributed by atoms with Gasteiger partial charge in [0, 0.05) is 5.56 Å². The van der Waals surface area contributed by atoms with Crippen LogP contribution in [0.4, 0.5) is 11.4 Å². The van der Waals surface area contributed by atoms with E-state index in [1.807, 2.05) is 32.0 Å². The molecule has 0 saturated heterocycles. The molecule has 3 aromatic carbocycles. The summed E-state index contributed by atoms with van der Waals surface area (Å²) in [6, 6.07) is 18.1. The molecule has 28 heavy (non-hydrogen) atoms. The Hall–Kier alpha value is -2.83. The number of aryl methyl sites for hydroxylation is 2. The molecule has 0 saturated carbocycles. The molecule has 2 N–H and O–H groups in total. The zero-order valence-corrected chi connectivity index (χ0v) is 16.9. The van der Waals surface area contributed by atoms with Gasteiger partial charge in [0.05, 0.1) is 21.3 Å². The smallest absolute Gasteiger partial charge is 0.261 e. The number of hydrogen-bond acceptors (Lipinski definition) is 3. The van der Waals surface area contributed by atoms with Crippen molar-refractivity contribution in [1.29, 1.82) is 0 Å². The maximum absolute atomic E-state index is 12.6. The first-order chi connectivity index (χ1) is 13.3. The van der Waals surface area contributed by atoms with Gasteiger partial charge >= 0.3 is 0 Å². The first-order valence-electron chi connectivity index (χ1n) is 8.52. The first-order valence-corrected chi connectivity index (χ1v) is 10.4. The third-order valence-corrected chi connectivity index (χ3v) is 5.88. The van der Waals surface area contributed by atoms with Gasteiger partial charge in [0.2, 0.25) is 0 Å². The van der Waals surface area contributed by atoms with Crippen molar-refractivity contribution in [2.75, 3.05) is 10.0 Å². The monoisotopic (exact) mass is 414 g/mol. The van der Waals surface area contributed by atoms with Gasteiger partial charge in [0.15, 0.2) is 0 Å². The lowest BCUT2D eigenvalue weighted by Crippen LogP contribution is -2.15. The SMILES string of the molecule is Cc1ccc(NC(=O)c2ccc(S(=O)(=O)Nc3ccccc3C)cc2)c(Cl)c1. The molecule has 0 spiro atoms. The van der Waals surface area contributed by atoms with Crippen LogP contribution in [0.2, 0.25) is 5.02 Å². The largest absolute Gasteiger partial charge is 0.321 e. The summed E-state index contributed by atoms with van der Waals surface area (Å²) in [5.41, 5.74) is 3.13. The van der Waals surface area contributed by atoms with Crippen LogP contribution in [-0.4, -0.2) is 14.3 Å². The molecule has 5 nitrogen and oxygen atoms in total. The minimum absolute atomic E-state index is 0.0701. The van der Waals surface area contributed by atoms with Crippen LogP contribution in [0, 0.1) is 13.8 Å². The van der Waals surface area contributed by atoms with E-state index in [9.17, 15) is 13.2 Å². The first kappa shape index (κ1) is 19.9. The number of carbonyl (C=O) groups excluding carboxylic acids is 1. The molecule has 0 bridgehead atoms. The zero-order chi connectivity index (χ0) is 20.3. The molecule has 7 heteroatoms. The normalized spacial score (nSPS) is 11.1. The molecule has 0 aliphatic heterocycles. The van der Waals surface area contributed by atoms with E-state index in [-0.39, 0.29) is 10.8 Å². The van der Waals surface area contributed by atoms with Crippen LogP contribution in [0.1, 0.15) is 21.5 Å².